The second-order valence-electron chi connectivity index (χ2n) is 4.49. The molecule has 0 amide bonds. The zero-order chi connectivity index (χ0) is 14.9. The molecule has 110 valence electrons. The van der Waals surface area contributed by atoms with Gasteiger partial charge in [-0.05, 0) is 18.9 Å². The Balaban J connectivity index is 2.50. The predicted octanol–water partition coefficient (Wildman–Crippen LogP) is 1.97. The van der Waals surface area contributed by atoms with E-state index in [9.17, 15) is 28.4 Å². The molecule has 2 heterocycles. The van der Waals surface area contributed by atoms with Crippen LogP contribution in [0.2, 0.25) is 0 Å². The van der Waals surface area contributed by atoms with E-state index in [1.165, 1.54) is 4.90 Å². The number of aromatic nitrogens is 1. The van der Waals surface area contributed by atoms with Crippen molar-refractivity contribution in [1.29, 1.82) is 0 Å². The maximum Gasteiger partial charge on any atom is 0.433 e. The van der Waals surface area contributed by atoms with E-state index < -0.39 is 28.5 Å². The van der Waals surface area contributed by atoms with Crippen molar-refractivity contribution in [2.45, 2.75) is 25.1 Å². The molecule has 1 aliphatic heterocycles. The third-order valence-electron chi connectivity index (χ3n) is 3.25. The minimum Gasteiger partial charge on any atom is -0.394 e. The van der Waals surface area contributed by atoms with E-state index in [4.69, 9.17) is 0 Å². The molecular weight excluding hydrogens is 279 g/mol. The van der Waals surface area contributed by atoms with Gasteiger partial charge in [0.1, 0.15) is 17.6 Å². The lowest BCUT2D eigenvalue weighted by atomic mass is 10.2. The van der Waals surface area contributed by atoms with Gasteiger partial charge in [-0.3, -0.25) is 10.1 Å². The number of halogens is 3. The second-order valence-corrected chi connectivity index (χ2v) is 4.49. The Kier molecular flexibility index (Phi) is 3.80. The highest BCUT2D eigenvalue weighted by molar-refractivity contribution is 5.64. The highest BCUT2D eigenvalue weighted by Gasteiger charge is 2.37. The van der Waals surface area contributed by atoms with Gasteiger partial charge in [-0.1, -0.05) is 0 Å². The van der Waals surface area contributed by atoms with Crippen molar-refractivity contribution in [2.24, 2.45) is 0 Å². The fraction of sp³-hybridized carbons (Fsp3) is 0.545. The molecule has 1 saturated heterocycles. The summed E-state index contributed by atoms with van der Waals surface area (Å²) in [5.41, 5.74) is -1.81. The Morgan fingerprint density at radius 3 is 2.80 bits per heavy atom. The minimum atomic E-state index is -4.67. The zero-order valence-electron chi connectivity index (χ0n) is 10.3. The second kappa shape index (κ2) is 5.23. The van der Waals surface area contributed by atoms with Crippen LogP contribution in [-0.2, 0) is 6.18 Å². The fourth-order valence-electron chi connectivity index (χ4n) is 2.31. The Bertz CT molecular complexity index is 521. The Morgan fingerprint density at radius 1 is 1.55 bits per heavy atom. The number of alkyl halides is 3. The molecule has 0 radical (unpaired) electrons. The van der Waals surface area contributed by atoms with Crippen LogP contribution in [0, 0.1) is 10.1 Å². The van der Waals surface area contributed by atoms with Gasteiger partial charge in [0.2, 0.25) is 0 Å². The van der Waals surface area contributed by atoms with E-state index >= 15 is 0 Å². The number of aliphatic hydroxyl groups excluding tert-OH is 1. The first kappa shape index (κ1) is 14.5. The van der Waals surface area contributed by atoms with Crippen LogP contribution in [0.15, 0.2) is 12.3 Å². The summed E-state index contributed by atoms with van der Waals surface area (Å²) in [5.74, 6) is 0. The SMILES string of the molecule is O=[N+]([O-])c1cnc(C(F)(F)F)cc1N1CCCC1CO. The van der Waals surface area contributed by atoms with Crippen LogP contribution in [0.5, 0.6) is 0 Å². The van der Waals surface area contributed by atoms with Gasteiger partial charge in [0.05, 0.1) is 17.6 Å². The van der Waals surface area contributed by atoms with Crippen molar-refractivity contribution in [3.63, 3.8) is 0 Å². The van der Waals surface area contributed by atoms with Crippen LogP contribution >= 0.6 is 0 Å². The first-order valence-electron chi connectivity index (χ1n) is 5.93. The number of anilines is 1. The van der Waals surface area contributed by atoms with Gasteiger partial charge in [0.15, 0.2) is 0 Å². The summed E-state index contributed by atoms with van der Waals surface area (Å²) in [7, 11) is 0. The summed E-state index contributed by atoms with van der Waals surface area (Å²) in [6.07, 6.45) is -2.81. The number of pyridine rings is 1. The molecule has 9 heteroatoms. The molecule has 0 bridgehead atoms. The van der Waals surface area contributed by atoms with Gasteiger partial charge in [-0.25, -0.2) is 4.98 Å². The quantitative estimate of drug-likeness (QED) is 0.680. The number of aliphatic hydroxyl groups is 1. The maximum absolute atomic E-state index is 12.7. The molecule has 0 aliphatic carbocycles. The third kappa shape index (κ3) is 2.67. The smallest absolute Gasteiger partial charge is 0.394 e. The molecule has 0 saturated carbocycles. The van der Waals surface area contributed by atoms with E-state index in [0.717, 1.165) is 0 Å². The van der Waals surface area contributed by atoms with E-state index in [1.807, 2.05) is 0 Å². The average molecular weight is 291 g/mol. The summed E-state index contributed by atoms with van der Waals surface area (Å²) in [6, 6.07) is 0.267. The van der Waals surface area contributed by atoms with Crippen molar-refractivity contribution in [2.75, 3.05) is 18.1 Å². The predicted molar refractivity (Wildman–Crippen MR) is 63.3 cm³/mol. The third-order valence-corrected chi connectivity index (χ3v) is 3.25. The molecule has 2 rings (SSSR count). The molecule has 1 N–H and O–H groups in total. The van der Waals surface area contributed by atoms with Crippen molar-refractivity contribution < 1.29 is 23.2 Å². The summed E-state index contributed by atoms with van der Waals surface area (Å²) in [4.78, 5) is 14.7. The van der Waals surface area contributed by atoms with Crippen LogP contribution in [0.25, 0.3) is 0 Å². The molecule has 1 aromatic rings. The van der Waals surface area contributed by atoms with Gasteiger partial charge in [0, 0.05) is 6.54 Å². The Morgan fingerprint density at radius 2 is 2.25 bits per heavy atom. The van der Waals surface area contributed by atoms with Crippen LogP contribution in [0.1, 0.15) is 18.5 Å². The van der Waals surface area contributed by atoms with Crippen molar-refractivity contribution >= 4 is 11.4 Å². The largest absolute Gasteiger partial charge is 0.433 e. The van der Waals surface area contributed by atoms with Crippen molar-refractivity contribution in [3.05, 3.63) is 28.1 Å². The first-order chi connectivity index (χ1) is 9.34. The average Bonchev–Trinajstić information content (AvgIpc) is 2.84. The first-order valence-corrected chi connectivity index (χ1v) is 5.93. The fourth-order valence-corrected chi connectivity index (χ4v) is 2.31. The molecular formula is C11H12F3N3O3. The molecule has 1 aromatic heterocycles. The van der Waals surface area contributed by atoms with Crippen LogP contribution in [0.4, 0.5) is 24.5 Å². The maximum atomic E-state index is 12.7. The molecule has 1 fully saturated rings. The highest BCUT2D eigenvalue weighted by atomic mass is 19.4. The number of nitro groups is 1. The van der Waals surface area contributed by atoms with Gasteiger partial charge >= 0.3 is 11.9 Å². The number of hydrogen-bond donors (Lipinski definition) is 1. The number of hydrogen-bond acceptors (Lipinski definition) is 5. The highest BCUT2D eigenvalue weighted by Crippen LogP contribution is 2.37. The summed E-state index contributed by atoms with van der Waals surface area (Å²) in [6.45, 7) is 0.105. The van der Waals surface area contributed by atoms with Crippen molar-refractivity contribution in [3.8, 4) is 0 Å². The molecule has 1 atom stereocenters. The number of nitrogens with zero attached hydrogens (tertiary/aromatic N) is 3. The Hall–Kier alpha value is -1.90. The minimum absolute atomic E-state index is 0.145. The van der Waals surface area contributed by atoms with E-state index in [2.05, 4.69) is 4.98 Å². The molecule has 1 unspecified atom stereocenters. The lowest BCUT2D eigenvalue weighted by Crippen LogP contribution is -2.32. The van der Waals surface area contributed by atoms with E-state index in [-0.39, 0.29) is 12.3 Å². The van der Waals surface area contributed by atoms with Crippen LogP contribution in [0.3, 0.4) is 0 Å². The van der Waals surface area contributed by atoms with E-state index in [1.54, 1.807) is 0 Å². The standard InChI is InChI=1S/C11H12F3N3O3/c12-11(13,14)10-4-8(9(5-15-10)17(19)20)16-3-1-2-7(16)6-18/h4-5,7,18H,1-3,6H2. The molecule has 6 nitrogen and oxygen atoms in total. The monoisotopic (exact) mass is 291 g/mol. The molecule has 20 heavy (non-hydrogen) atoms. The van der Waals surface area contributed by atoms with Gasteiger partial charge in [-0.15, -0.1) is 0 Å². The van der Waals surface area contributed by atoms with Gasteiger partial charge < -0.3 is 10.0 Å². The summed E-state index contributed by atoms with van der Waals surface area (Å²) >= 11 is 0. The zero-order valence-corrected chi connectivity index (χ0v) is 10.3. The van der Waals surface area contributed by atoms with Crippen LogP contribution < -0.4 is 4.90 Å². The van der Waals surface area contributed by atoms with Crippen molar-refractivity contribution in [1.82, 2.24) is 4.98 Å². The Labute approximate surface area is 112 Å². The molecule has 1 aliphatic rings. The van der Waals surface area contributed by atoms with Gasteiger partial charge in [0.25, 0.3) is 0 Å². The van der Waals surface area contributed by atoms with E-state index in [0.29, 0.717) is 31.6 Å². The lowest BCUT2D eigenvalue weighted by Gasteiger charge is -2.25. The lowest BCUT2D eigenvalue weighted by molar-refractivity contribution is -0.384. The topological polar surface area (TPSA) is 79.5 Å². The molecule has 0 spiro atoms. The summed E-state index contributed by atoms with van der Waals surface area (Å²) < 4.78 is 38.0. The normalized spacial score (nSPS) is 19.4. The summed E-state index contributed by atoms with van der Waals surface area (Å²) in [5, 5.41) is 20.1. The van der Waals surface area contributed by atoms with Gasteiger partial charge in [-0.2, -0.15) is 13.2 Å². The van der Waals surface area contributed by atoms with Crippen LogP contribution in [-0.4, -0.2) is 34.2 Å². The number of rotatable bonds is 3. The molecule has 0 aromatic carbocycles.